The van der Waals surface area contributed by atoms with Gasteiger partial charge in [-0.3, -0.25) is 9.59 Å². The lowest BCUT2D eigenvalue weighted by Crippen LogP contribution is -2.54. The van der Waals surface area contributed by atoms with Gasteiger partial charge in [0, 0.05) is 25.5 Å². The molecule has 5 nitrogen and oxygen atoms in total. The molecular weight excluding hydrogens is 364 g/mol. The average Bonchev–Trinajstić information content (AvgIpc) is 2.96. The predicted molar refractivity (Wildman–Crippen MR) is 115 cm³/mol. The number of para-hydroxylation sites is 1. The van der Waals surface area contributed by atoms with E-state index in [4.69, 9.17) is 4.74 Å². The minimum Gasteiger partial charge on any atom is -0.497 e. The topological polar surface area (TPSA) is 49.9 Å². The number of benzene rings is 2. The minimum atomic E-state index is -1.12. The Bertz CT molecular complexity index is 935. The van der Waals surface area contributed by atoms with Crippen molar-refractivity contribution in [2.75, 3.05) is 18.6 Å². The third-order valence-corrected chi connectivity index (χ3v) is 5.33. The molecule has 0 aromatic heterocycles. The molecule has 2 amide bonds. The Labute approximate surface area is 171 Å². The first kappa shape index (κ1) is 20.4. The number of carbonyl (C=O) groups excluding carboxylic acids is 2. The molecule has 5 heteroatoms. The monoisotopic (exact) mass is 390 g/mol. The normalized spacial score (nSPS) is 17.6. The number of hydrogen-bond acceptors (Lipinski definition) is 3. The van der Waals surface area contributed by atoms with Crippen molar-refractivity contribution in [2.24, 2.45) is 0 Å². The third-order valence-electron chi connectivity index (χ3n) is 5.33. The van der Waals surface area contributed by atoms with Crippen LogP contribution in [0.1, 0.15) is 24.5 Å². The molecule has 0 N–H and O–H groups in total. The van der Waals surface area contributed by atoms with E-state index in [-0.39, 0.29) is 18.4 Å². The van der Waals surface area contributed by atoms with E-state index < -0.39 is 5.54 Å². The van der Waals surface area contributed by atoms with Crippen LogP contribution >= 0.6 is 0 Å². The van der Waals surface area contributed by atoms with Gasteiger partial charge < -0.3 is 14.5 Å². The molecule has 0 fully saturated rings. The van der Waals surface area contributed by atoms with Crippen LogP contribution in [0.2, 0.25) is 0 Å². The smallest absolute Gasteiger partial charge is 0.258 e. The maximum Gasteiger partial charge on any atom is 0.258 e. The standard InChI is InChI=1S/C24H26N2O3/c1-5-15-24(26(16-6-2)18(3)27)21-9-7-8-10-22(21)25(23(24)28)17-19-11-13-20(29-4)14-12-19/h5-14H,1-2,15-17H2,3-4H3/t24-/m0/s1. The summed E-state index contributed by atoms with van der Waals surface area (Å²) in [6.45, 7) is 9.79. The van der Waals surface area contributed by atoms with Gasteiger partial charge >= 0.3 is 0 Å². The van der Waals surface area contributed by atoms with Crippen LogP contribution in [0.3, 0.4) is 0 Å². The van der Waals surface area contributed by atoms with Crippen LogP contribution in [-0.2, 0) is 21.7 Å². The van der Waals surface area contributed by atoms with Crippen LogP contribution < -0.4 is 9.64 Å². The molecule has 0 saturated heterocycles. The number of carbonyl (C=O) groups is 2. The maximum atomic E-state index is 13.8. The lowest BCUT2D eigenvalue weighted by Gasteiger charge is -2.39. The minimum absolute atomic E-state index is 0.133. The number of methoxy groups -OCH3 is 1. The summed E-state index contributed by atoms with van der Waals surface area (Å²) >= 11 is 0. The Morgan fingerprint density at radius 2 is 1.83 bits per heavy atom. The molecule has 1 atom stereocenters. The Balaban J connectivity index is 2.11. The fourth-order valence-corrected chi connectivity index (χ4v) is 4.04. The number of nitrogens with zero attached hydrogens (tertiary/aromatic N) is 2. The zero-order chi connectivity index (χ0) is 21.0. The van der Waals surface area contributed by atoms with Crippen LogP contribution in [-0.4, -0.2) is 30.4 Å². The Kier molecular flexibility index (Phi) is 5.87. The molecule has 29 heavy (non-hydrogen) atoms. The summed E-state index contributed by atoms with van der Waals surface area (Å²) in [7, 11) is 1.62. The van der Waals surface area contributed by atoms with Gasteiger partial charge in [-0.1, -0.05) is 42.5 Å². The first-order chi connectivity index (χ1) is 14.0. The van der Waals surface area contributed by atoms with E-state index in [0.29, 0.717) is 13.0 Å². The summed E-state index contributed by atoms with van der Waals surface area (Å²) in [5.41, 5.74) is 1.48. The van der Waals surface area contributed by atoms with Crippen molar-refractivity contribution in [1.29, 1.82) is 0 Å². The maximum absolute atomic E-state index is 13.8. The van der Waals surface area contributed by atoms with E-state index in [1.165, 1.54) is 6.92 Å². The fraction of sp³-hybridized carbons (Fsp3) is 0.250. The van der Waals surface area contributed by atoms with Gasteiger partial charge in [0.25, 0.3) is 5.91 Å². The second-order valence-electron chi connectivity index (χ2n) is 7.03. The van der Waals surface area contributed by atoms with Crippen LogP contribution in [0.4, 0.5) is 5.69 Å². The number of hydrogen-bond donors (Lipinski definition) is 0. The highest BCUT2D eigenvalue weighted by atomic mass is 16.5. The van der Waals surface area contributed by atoms with Crippen LogP contribution in [0.5, 0.6) is 5.75 Å². The van der Waals surface area contributed by atoms with Gasteiger partial charge in [0.15, 0.2) is 5.54 Å². The lowest BCUT2D eigenvalue weighted by molar-refractivity contribution is -0.144. The zero-order valence-corrected chi connectivity index (χ0v) is 16.9. The van der Waals surface area contributed by atoms with Crippen molar-refractivity contribution >= 4 is 17.5 Å². The summed E-state index contributed by atoms with van der Waals surface area (Å²) in [6.07, 6.45) is 3.67. The van der Waals surface area contributed by atoms with Gasteiger partial charge in [0.05, 0.1) is 19.3 Å². The quantitative estimate of drug-likeness (QED) is 0.639. The second-order valence-corrected chi connectivity index (χ2v) is 7.03. The highest BCUT2D eigenvalue weighted by Crippen LogP contribution is 2.47. The molecule has 3 rings (SSSR count). The third kappa shape index (κ3) is 3.44. The molecule has 0 spiro atoms. The number of ether oxygens (including phenoxy) is 1. The molecule has 0 saturated carbocycles. The van der Waals surface area contributed by atoms with Gasteiger partial charge in [0.1, 0.15) is 5.75 Å². The highest BCUT2D eigenvalue weighted by molar-refractivity contribution is 6.09. The Hall–Kier alpha value is -3.34. The Morgan fingerprint density at radius 1 is 1.14 bits per heavy atom. The van der Waals surface area contributed by atoms with E-state index in [1.807, 2.05) is 48.5 Å². The summed E-state index contributed by atoms with van der Waals surface area (Å²) < 4.78 is 5.22. The van der Waals surface area contributed by atoms with Crippen molar-refractivity contribution in [1.82, 2.24) is 4.90 Å². The molecule has 1 aliphatic heterocycles. The molecular formula is C24H26N2O3. The van der Waals surface area contributed by atoms with Gasteiger partial charge in [0.2, 0.25) is 5.91 Å². The van der Waals surface area contributed by atoms with Gasteiger partial charge in [-0.15, -0.1) is 13.2 Å². The fourth-order valence-electron chi connectivity index (χ4n) is 4.04. The molecule has 150 valence electrons. The first-order valence-corrected chi connectivity index (χ1v) is 9.54. The van der Waals surface area contributed by atoms with Crippen LogP contribution in [0.15, 0.2) is 73.8 Å². The SMILES string of the molecule is C=CCN(C(C)=O)[C@]1(CC=C)C(=O)N(Cc2ccc(OC)cc2)c2ccccc21. The summed E-state index contributed by atoms with van der Waals surface area (Å²) in [5, 5.41) is 0. The lowest BCUT2D eigenvalue weighted by atomic mass is 9.85. The Morgan fingerprint density at radius 3 is 2.41 bits per heavy atom. The summed E-state index contributed by atoms with van der Waals surface area (Å²) in [6, 6.07) is 15.3. The van der Waals surface area contributed by atoms with Gasteiger partial charge in [-0.25, -0.2) is 0 Å². The molecule has 2 aromatic rings. The number of anilines is 1. The summed E-state index contributed by atoms with van der Waals surface area (Å²) in [5.74, 6) is 0.448. The second kappa shape index (κ2) is 8.35. The molecule has 0 unspecified atom stereocenters. The molecule has 1 heterocycles. The average molecular weight is 390 g/mol. The van der Waals surface area contributed by atoms with Gasteiger partial charge in [-0.05, 0) is 23.8 Å². The first-order valence-electron chi connectivity index (χ1n) is 9.54. The number of amides is 2. The van der Waals surface area contributed by atoms with Crippen molar-refractivity contribution in [3.05, 3.63) is 85.0 Å². The van der Waals surface area contributed by atoms with Gasteiger partial charge in [-0.2, -0.15) is 0 Å². The largest absolute Gasteiger partial charge is 0.497 e. The number of rotatable bonds is 8. The van der Waals surface area contributed by atoms with Crippen LogP contribution in [0, 0.1) is 0 Å². The number of fused-ring (bicyclic) bond motifs is 1. The van der Waals surface area contributed by atoms with E-state index in [9.17, 15) is 9.59 Å². The molecule has 0 bridgehead atoms. The van der Waals surface area contributed by atoms with E-state index in [2.05, 4.69) is 13.2 Å². The highest BCUT2D eigenvalue weighted by Gasteiger charge is 2.54. The van der Waals surface area contributed by atoms with Crippen molar-refractivity contribution in [3.8, 4) is 5.75 Å². The van der Waals surface area contributed by atoms with Crippen molar-refractivity contribution in [2.45, 2.75) is 25.4 Å². The predicted octanol–water partition coefficient (Wildman–Crippen LogP) is 4.05. The molecule has 2 aromatic carbocycles. The van der Waals surface area contributed by atoms with Crippen LogP contribution in [0.25, 0.3) is 0 Å². The van der Waals surface area contributed by atoms with Crippen molar-refractivity contribution in [3.63, 3.8) is 0 Å². The molecule has 0 radical (unpaired) electrons. The van der Waals surface area contributed by atoms with E-state index >= 15 is 0 Å². The zero-order valence-electron chi connectivity index (χ0n) is 16.9. The van der Waals surface area contributed by atoms with E-state index in [1.54, 1.807) is 29.1 Å². The van der Waals surface area contributed by atoms with Crippen molar-refractivity contribution < 1.29 is 14.3 Å². The van der Waals surface area contributed by atoms with E-state index in [0.717, 1.165) is 22.6 Å². The summed E-state index contributed by atoms with van der Waals surface area (Å²) in [4.78, 5) is 29.7. The molecule has 1 aliphatic rings. The molecule has 0 aliphatic carbocycles.